The highest BCUT2D eigenvalue weighted by atomic mass is 35.5. The molecule has 1 heterocycles. The van der Waals surface area contributed by atoms with E-state index in [0.29, 0.717) is 10.9 Å². The van der Waals surface area contributed by atoms with E-state index in [4.69, 9.17) is 11.8 Å². The lowest BCUT2D eigenvalue weighted by Gasteiger charge is -2.14. The number of para-hydroxylation sites is 1. The van der Waals surface area contributed by atoms with Gasteiger partial charge in [0.05, 0.1) is 6.54 Å². The summed E-state index contributed by atoms with van der Waals surface area (Å²) in [6, 6.07) is 14.8. The zero-order valence-corrected chi connectivity index (χ0v) is 14.5. The normalized spacial score (nSPS) is 10.8. The number of fused-ring (bicyclic) bond motifs is 1. The molecule has 0 saturated heterocycles. The third-order valence-corrected chi connectivity index (χ3v) is 4.24. The molecule has 2 N–H and O–H groups in total. The molecule has 0 unspecified atom stereocenters. The fourth-order valence-electron chi connectivity index (χ4n) is 2.66. The number of rotatable bonds is 5. The van der Waals surface area contributed by atoms with E-state index >= 15 is 0 Å². The van der Waals surface area contributed by atoms with Gasteiger partial charge >= 0.3 is 0 Å². The minimum atomic E-state index is -0.520. The Labute approximate surface area is 150 Å². The van der Waals surface area contributed by atoms with Crippen LogP contribution in [0, 0.1) is 0 Å². The van der Waals surface area contributed by atoms with Crippen LogP contribution in [0.25, 0.3) is 10.9 Å². The molecule has 0 aliphatic heterocycles. The number of amides is 1. The van der Waals surface area contributed by atoms with E-state index < -0.39 is 5.91 Å². The molecule has 3 aromatic rings. The molecule has 1 amide bonds. The molecular weight excluding hydrogens is 338 g/mol. The van der Waals surface area contributed by atoms with Crippen LogP contribution in [0.15, 0.2) is 59.5 Å². The number of carbonyl (C=O) groups is 1. The summed E-state index contributed by atoms with van der Waals surface area (Å²) in [4.78, 5) is 28.0. The second-order valence-corrected chi connectivity index (χ2v) is 6.16. The summed E-state index contributed by atoms with van der Waals surface area (Å²) in [5, 5.41) is 3.54. The molecule has 128 valence electrons. The van der Waals surface area contributed by atoms with Gasteiger partial charge in [-0.1, -0.05) is 36.4 Å². The molecule has 0 bridgehead atoms. The van der Waals surface area contributed by atoms with E-state index in [0.717, 1.165) is 22.1 Å². The van der Waals surface area contributed by atoms with Crippen molar-refractivity contribution in [2.24, 2.45) is 0 Å². The van der Waals surface area contributed by atoms with Crippen LogP contribution in [0.3, 0.4) is 0 Å². The molecule has 0 saturated carbocycles. The summed E-state index contributed by atoms with van der Waals surface area (Å²) in [5.74, 6) is -0.520. The number of nitrogens with zero attached hydrogens (tertiary/aromatic N) is 1. The van der Waals surface area contributed by atoms with E-state index in [-0.39, 0.29) is 17.5 Å². The van der Waals surface area contributed by atoms with Gasteiger partial charge in [0.15, 0.2) is 0 Å². The average molecular weight is 356 g/mol. The second-order valence-electron chi connectivity index (χ2n) is 5.75. The molecule has 2 aromatic carbocycles. The SMILES string of the molecule is CNCc1ccc(CN(Cl)C(=O)c2c[nH]c3ccccc3c2=O)cc1. The number of aromatic nitrogens is 1. The molecule has 0 aliphatic carbocycles. The van der Waals surface area contributed by atoms with E-state index in [1.165, 1.54) is 6.20 Å². The highest BCUT2D eigenvalue weighted by Crippen LogP contribution is 2.13. The van der Waals surface area contributed by atoms with Gasteiger partial charge in [0.25, 0.3) is 5.91 Å². The summed E-state index contributed by atoms with van der Waals surface area (Å²) in [6.07, 6.45) is 1.42. The standard InChI is InChI=1S/C19H18ClN3O2/c1-21-10-13-6-8-14(9-7-13)12-23(20)19(25)16-11-22-17-5-3-2-4-15(17)18(16)24/h2-9,11,21H,10,12H2,1H3,(H,22,24). The monoisotopic (exact) mass is 355 g/mol. The first-order valence-corrected chi connectivity index (χ1v) is 8.24. The summed E-state index contributed by atoms with van der Waals surface area (Å²) in [5.41, 5.74) is 2.42. The Hall–Kier alpha value is -2.63. The largest absolute Gasteiger partial charge is 0.360 e. The van der Waals surface area contributed by atoms with Crippen LogP contribution in [0.5, 0.6) is 0 Å². The Morgan fingerprint density at radius 2 is 1.80 bits per heavy atom. The quantitative estimate of drug-likeness (QED) is 0.691. The molecule has 0 spiro atoms. The Morgan fingerprint density at radius 1 is 1.12 bits per heavy atom. The Kier molecular flexibility index (Phi) is 5.16. The molecule has 0 radical (unpaired) electrons. The Balaban J connectivity index is 1.80. The number of pyridine rings is 1. The van der Waals surface area contributed by atoms with Crippen molar-refractivity contribution in [3.8, 4) is 0 Å². The van der Waals surface area contributed by atoms with Gasteiger partial charge in [-0.15, -0.1) is 0 Å². The maximum absolute atomic E-state index is 12.5. The van der Waals surface area contributed by atoms with Gasteiger partial charge in [0.2, 0.25) is 5.43 Å². The number of nitrogens with one attached hydrogen (secondary N) is 2. The topological polar surface area (TPSA) is 65.2 Å². The van der Waals surface area contributed by atoms with Gasteiger partial charge in [-0.05, 0) is 30.3 Å². The molecule has 1 aromatic heterocycles. The fourth-order valence-corrected chi connectivity index (χ4v) is 2.88. The van der Waals surface area contributed by atoms with Crippen molar-refractivity contribution >= 4 is 28.6 Å². The maximum atomic E-state index is 12.5. The van der Waals surface area contributed by atoms with E-state index in [1.54, 1.807) is 18.2 Å². The summed E-state index contributed by atoms with van der Waals surface area (Å²) < 4.78 is 1.03. The van der Waals surface area contributed by atoms with Crippen LogP contribution in [0.4, 0.5) is 0 Å². The minimum absolute atomic E-state index is 0.0282. The zero-order valence-electron chi connectivity index (χ0n) is 13.8. The number of halogens is 1. The Morgan fingerprint density at radius 3 is 2.52 bits per heavy atom. The number of H-pyrrole nitrogens is 1. The van der Waals surface area contributed by atoms with Crippen molar-refractivity contribution in [1.82, 2.24) is 14.7 Å². The van der Waals surface area contributed by atoms with Crippen LogP contribution < -0.4 is 10.7 Å². The van der Waals surface area contributed by atoms with Gasteiger partial charge in [-0.2, -0.15) is 0 Å². The van der Waals surface area contributed by atoms with E-state index in [2.05, 4.69) is 10.3 Å². The van der Waals surface area contributed by atoms with Crippen molar-refractivity contribution in [2.75, 3.05) is 7.05 Å². The lowest BCUT2D eigenvalue weighted by atomic mass is 10.1. The summed E-state index contributed by atoms with van der Waals surface area (Å²) >= 11 is 6.14. The third-order valence-electron chi connectivity index (χ3n) is 3.96. The van der Waals surface area contributed by atoms with Gasteiger partial charge < -0.3 is 10.3 Å². The molecule has 25 heavy (non-hydrogen) atoms. The second kappa shape index (κ2) is 7.51. The molecule has 0 aliphatic rings. The molecule has 5 nitrogen and oxygen atoms in total. The van der Waals surface area contributed by atoms with Gasteiger partial charge in [0.1, 0.15) is 5.56 Å². The van der Waals surface area contributed by atoms with Crippen molar-refractivity contribution in [3.05, 3.63) is 81.6 Å². The molecular formula is C19H18ClN3O2. The lowest BCUT2D eigenvalue weighted by molar-refractivity contribution is 0.0856. The Bertz CT molecular complexity index is 951. The van der Waals surface area contributed by atoms with Crippen LogP contribution in [0.1, 0.15) is 21.5 Å². The number of aromatic amines is 1. The highest BCUT2D eigenvalue weighted by molar-refractivity contribution is 6.24. The molecule has 3 rings (SSSR count). The van der Waals surface area contributed by atoms with E-state index in [1.807, 2.05) is 37.4 Å². The van der Waals surface area contributed by atoms with Crippen molar-refractivity contribution in [2.45, 2.75) is 13.1 Å². The van der Waals surface area contributed by atoms with Crippen LogP contribution in [0.2, 0.25) is 0 Å². The highest BCUT2D eigenvalue weighted by Gasteiger charge is 2.19. The minimum Gasteiger partial charge on any atom is -0.360 e. The first-order valence-electron chi connectivity index (χ1n) is 7.90. The zero-order chi connectivity index (χ0) is 17.8. The van der Waals surface area contributed by atoms with Gasteiger partial charge in [-0.3, -0.25) is 9.59 Å². The number of hydrogen-bond donors (Lipinski definition) is 2. The predicted octanol–water partition coefficient (Wildman–Crippen LogP) is 3.04. The average Bonchev–Trinajstić information content (AvgIpc) is 2.63. The molecule has 0 atom stereocenters. The smallest absolute Gasteiger partial charge is 0.274 e. The van der Waals surface area contributed by atoms with Crippen molar-refractivity contribution < 1.29 is 4.79 Å². The lowest BCUT2D eigenvalue weighted by Crippen LogP contribution is -2.27. The first kappa shape index (κ1) is 17.2. The first-order chi connectivity index (χ1) is 12.1. The summed E-state index contributed by atoms with van der Waals surface area (Å²) in [6.45, 7) is 0.989. The van der Waals surface area contributed by atoms with Gasteiger partial charge in [0, 0.05) is 35.4 Å². The predicted molar refractivity (Wildman–Crippen MR) is 99.5 cm³/mol. The van der Waals surface area contributed by atoms with Crippen LogP contribution in [-0.4, -0.2) is 22.4 Å². The van der Waals surface area contributed by atoms with Crippen molar-refractivity contribution in [1.29, 1.82) is 0 Å². The third kappa shape index (κ3) is 3.73. The number of carbonyl (C=O) groups excluding carboxylic acids is 1. The van der Waals surface area contributed by atoms with Crippen molar-refractivity contribution in [3.63, 3.8) is 0 Å². The number of hydrogen-bond acceptors (Lipinski definition) is 3. The molecule has 6 heteroatoms. The van der Waals surface area contributed by atoms with Crippen LogP contribution in [-0.2, 0) is 13.1 Å². The molecule has 0 fully saturated rings. The van der Waals surface area contributed by atoms with Gasteiger partial charge in [-0.25, -0.2) is 4.42 Å². The number of benzene rings is 2. The van der Waals surface area contributed by atoms with Crippen LogP contribution >= 0.6 is 11.8 Å². The maximum Gasteiger partial charge on any atom is 0.274 e. The fraction of sp³-hybridized carbons (Fsp3) is 0.158. The van der Waals surface area contributed by atoms with E-state index in [9.17, 15) is 9.59 Å². The summed E-state index contributed by atoms with van der Waals surface area (Å²) in [7, 11) is 1.88.